The van der Waals surface area contributed by atoms with E-state index >= 15 is 0 Å². The van der Waals surface area contributed by atoms with E-state index in [0.29, 0.717) is 24.2 Å². The first kappa shape index (κ1) is 29.6. The minimum absolute atomic E-state index is 0.0783. The molecule has 36 heavy (non-hydrogen) atoms. The van der Waals surface area contributed by atoms with Crippen LogP contribution in [0, 0.1) is 0 Å². The number of halogens is 3. The van der Waals surface area contributed by atoms with Crippen LogP contribution in [0.1, 0.15) is 64.5 Å². The van der Waals surface area contributed by atoms with Gasteiger partial charge >= 0.3 is 12.1 Å². The van der Waals surface area contributed by atoms with Gasteiger partial charge in [0.15, 0.2) is 0 Å². The SMILES string of the molecule is CC(C)(CN1CCCC1)n1cnc(N)c1.CCCC(NC(C)Cc1cccc(C(F)(F)F)c1)C(=O)O. The molecule has 10 heteroatoms. The average Bonchev–Trinajstić information content (AvgIpc) is 3.45. The van der Waals surface area contributed by atoms with Crippen molar-refractivity contribution in [2.24, 2.45) is 0 Å². The molecule has 0 aliphatic carbocycles. The number of nitrogen functional groups attached to an aromatic ring is 1. The molecule has 0 bridgehead atoms. The Morgan fingerprint density at radius 1 is 1.25 bits per heavy atom. The number of carbonyl (C=O) groups is 1. The first-order valence-corrected chi connectivity index (χ1v) is 12.5. The Hall–Kier alpha value is -2.59. The molecule has 0 radical (unpaired) electrons. The number of nitrogens with one attached hydrogen (secondary N) is 1. The second kappa shape index (κ2) is 13.1. The molecule has 0 saturated carbocycles. The van der Waals surface area contributed by atoms with Gasteiger partial charge in [-0.25, -0.2) is 4.98 Å². The first-order valence-electron chi connectivity index (χ1n) is 12.5. The van der Waals surface area contributed by atoms with Crippen LogP contribution in [0.3, 0.4) is 0 Å². The molecule has 1 aromatic heterocycles. The van der Waals surface area contributed by atoms with Crippen molar-refractivity contribution in [2.75, 3.05) is 25.4 Å². The Kier molecular flexibility index (Phi) is 10.8. The summed E-state index contributed by atoms with van der Waals surface area (Å²) in [7, 11) is 0. The van der Waals surface area contributed by atoms with Crippen LogP contribution in [-0.2, 0) is 22.9 Å². The molecule has 3 rings (SSSR count). The number of aliphatic carboxylic acids is 1. The van der Waals surface area contributed by atoms with Crippen LogP contribution in [0.4, 0.5) is 19.0 Å². The second-order valence-corrected chi connectivity index (χ2v) is 10.2. The summed E-state index contributed by atoms with van der Waals surface area (Å²) in [6.07, 6.45) is 3.60. The zero-order valence-electron chi connectivity index (χ0n) is 21.7. The van der Waals surface area contributed by atoms with Crippen molar-refractivity contribution in [3.63, 3.8) is 0 Å². The highest BCUT2D eigenvalue weighted by atomic mass is 19.4. The summed E-state index contributed by atoms with van der Waals surface area (Å²) in [5.41, 5.74) is 5.56. The van der Waals surface area contributed by atoms with E-state index in [1.165, 1.54) is 32.0 Å². The minimum atomic E-state index is -4.36. The Labute approximate surface area is 211 Å². The number of nitrogens with two attached hydrogens (primary N) is 1. The van der Waals surface area contributed by atoms with Gasteiger partial charge in [-0.05, 0) is 71.2 Å². The molecule has 2 aromatic rings. The topological polar surface area (TPSA) is 96.4 Å². The fraction of sp³-hybridized carbons (Fsp3) is 0.615. The quantitative estimate of drug-likeness (QED) is 0.425. The number of aromatic nitrogens is 2. The van der Waals surface area contributed by atoms with Gasteiger partial charge in [-0.3, -0.25) is 4.79 Å². The van der Waals surface area contributed by atoms with E-state index in [1.54, 1.807) is 13.0 Å². The largest absolute Gasteiger partial charge is 0.480 e. The minimum Gasteiger partial charge on any atom is -0.480 e. The number of hydrogen-bond acceptors (Lipinski definition) is 5. The van der Waals surface area contributed by atoms with Crippen LogP contribution >= 0.6 is 0 Å². The zero-order chi connectivity index (χ0) is 26.9. The summed E-state index contributed by atoms with van der Waals surface area (Å²) in [6.45, 7) is 11.6. The van der Waals surface area contributed by atoms with Gasteiger partial charge in [0.25, 0.3) is 0 Å². The highest BCUT2D eigenvalue weighted by molar-refractivity contribution is 5.73. The van der Waals surface area contributed by atoms with E-state index in [9.17, 15) is 18.0 Å². The first-order chi connectivity index (χ1) is 16.8. The molecule has 0 amide bonds. The van der Waals surface area contributed by atoms with E-state index in [2.05, 4.69) is 33.6 Å². The lowest BCUT2D eigenvalue weighted by atomic mass is 10.0. The number of nitrogens with zero attached hydrogens (tertiary/aromatic N) is 3. The summed E-state index contributed by atoms with van der Waals surface area (Å²) in [6, 6.07) is 4.22. The number of carboxylic acids is 1. The highest BCUT2D eigenvalue weighted by Gasteiger charge is 2.30. The van der Waals surface area contributed by atoms with E-state index < -0.39 is 23.8 Å². The Morgan fingerprint density at radius 2 is 1.92 bits per heavy atom. The molecule has 4 N–H and O–H groups in total. The Bertz CT molecular complexity index is 955. The molecular weight excluding hydrogens is 471 g/mol. The molecule has 2 atom stereocenters. The van der Waals surface area contributed by atoms with Crippen molar-refractivity contribution in [1.29, 1.82) is 0 Å². The molecule has 2 unspecified atom stereocenters. The number of alkyl halides is 3. The normalized spacial score (nSPS) is 16.3. The van der Waals surface area contributed by atoms with Crippen LogP contribution < -0.4 is 11.1 Å². The van der Waals surface area contributed by atoms with Gasteiger partial charge in [-0.1, -0.05) is 31.5 Å². The van der Waals surface area contributed by atoms with Gasteiger partial charge in [0.2, 0.25) is 0 Å². The van der Waals surface area contributed by atoms with Crippen molar-refractivity contribution >= 4 is 11.8 Å². The van der Waals surface area contributed by atoms with E-state index in [0.717, 1.165) is 25.1 Å². The second-order valence-electron chi connectivity index (χ2n) is 10.2. The lowest BCUT2D eigenvalue weighted by molar-refractivity contribution is -0.140. The maximum atomic E-state index is 12.6. The summed E-state index contributed by atoms with van der Waals surface area (Å²) in [5, 5.41) is 12.0. The van der Waals surface area contributed by atoms with Gasteiger partial charge in [0, 0.05) is 18.8 Å². The standard InChI is InChI=1S/C15H20F3NO2.C11H20N4/c1-3-5-13(14(20)21)19-10(2)8-11-6-4-7-12(9-11)15(16,17)18;1-11(2,8-14-5-3-4-6-14)15-7-10(12)13-9-15/h4,6-7,9-10,13,19H,3,5,8H2,1-2H3,(H,20,21);7,9H,3-6,8,12H2,1-2H3. The number of carboxylic acid groups (broad SMARTS) is 1. The van der Waals surface area contributed by atoms with Crippen LogP contribution in [0.25, 0.3) is 0 Å². The van der Waals surface area contributed by atoms with E-state index in [4.69, 9.17) is 10.8 Å². The van der Waals surface area contributed by atoms with E-state index in [1.807, 2.05) is 19.4 Å². The maximum Gasteiger partial charge on any atom is 0.416 e. The van der Waals surface area contributed by atoms with Crippen LogP contribution in [0.15, 0.2) is 36.8 Å². The van der Waals surface area contributed by atoms with Crippen molar-refractivity contribution in [3.05, 3.63) is 47.9 Å². The molecular formula is C26H40F3N5O2. The molecule has 202 valence electrons. The average molecular weight is 512 g/mol. The fourth-order valence-corrected chi connectivity index (χ4v) is 4.44. The predicted molar refractivity (Wildman–Crippen MR) is 136 cm³/mol. The van der Waals surface area contributed by atoms with Crippen LogP contribution in [0.5, 0.6) is 0 Å². The summed E-state index contributed by atoms with van der Waals surface area (Å²) in [5.74, 6) is -0.336. The molecule has 1 fully saturated rings. The maximum absolute atomic E-state index is 12.6. The lowest BCUT2D eigenvalue weighted by Gasteiger charge is -2.31. The summed E-state index contributed by atoms with van der Waals surface area (Å²) >= 11 is 0. The third kappa shape index (κ3) is 9.46. The summed E-state index contributed by atoms with van der Waals surface area (Å²) < 4.78 is 40.0. The van der Waals surface area contributed by atoms with E-state index in [-0.39, 0.29) is 11.6 Å². The van der Waals surface area contributed by atoms with Gasteiger partial charge in [-0.15, -0.1) is 0 Å². The number of anilines is 1. The smallest absolute Gasteiger partial charge is 0.416 e. The third-order valence-electron chi connectivity index (χ3n) is 6.27. The molecule has 2 heterocycles. The third-order valence-corrected chi connectivity index (χ3v) is 6.27. The number of benzene rings is 1. The van der Waals surface area contributed by atoms with Gasteiger partial charge in [0.1, 0.15) is 11.9 Å². The molecule has 1 aliphatic heterocycles. The predicted octanol–water partition coefficient (Wildman–Crippen LogP) is 4.78. The fourth-order valence-electron chi connectivity index (χ4n) is 4.44. The highest BCUT2D eigenvalue weighted by Crippen LogP contribution is 2.29. The zero-order valence-corrected chi connectivity index (χ0v) is 21.7. The van der Waals surface area contributed by atoms with Gasteiger partial charge < -0.3 is 25.6 Å². The number of hydrogen-bond donors (Lipinski definition) is 3. The molecule has 1 saturated heterocycles. The molecule has 1 aromatic carbocycles. The van der Waals surface area contributed by atoms with Crippen molar-refractivity contribution in [1.82, 2.24) is 19.8 Å². The van der Waals surface area contributed by atoms with Gasteiger partial charge in [-0.2, -0.15) is 13.2 Å². The van der Waals surface area contributed by atoms with Crippen molar-refractivity contribution in [3.8, 4) is 0 Å². The summed E-state index contributed by atoms with van der Waals surface area (Å²) in [4.78, 5) is 17.6. The van der Waals surface area contributed by atoms with Crippen LogP contribution in [-0.4, -0.2) is 57.2 Å². The lowest BCUT2D eigenvalue weighted by Crippen LogP contribution is -2.42. The van der Waals surface area contributed by atoms with Crippen LogP contribution in [0.2, 0.25) is 0 Å². The number of likely N-dealkylation sites (tertiary alicyclic amines) is 1. The monoisotopic (exact) mass is 511 g/mol. The molecule has 1 aliphatic rings. The molecule has 0 spiro atoms. The Morgan fingerprint density at radius 3 is 2.44 bits per heavy atom. The number of imidazole rings is 1. The number of rotatable bonds is 10. The molecule has 7 nitrogen and oxygen atoms in total. The Balaban J connectivity index is 0.000000267. The van der Waals surface area contributed by atoms with Gasteiger partial charge in [0.05, 0.1) is 17.4 Å². The van der Waals surface area contributed by atoms with Crippen molar-refractivity contribution < 1.29 is 23.1 Å². The van der Waals surface area contributed by atoms with Crippen molar-refractivity contribution in [2.45, 2.75) is 83.6 Å².